The lowest BCUT2D eigenvalue weighted by Crippen LogP contribution is -2.07. The smallest absolute Gasteiger partial charge is 0.0672 e. The van der Waals surface area contributed by atoms with Gasteiger partial charge in [-0.05, 0) is 12.5 Å². The molecular weight excluding hydrogens is 100 g/mol. The van der Waals surface area contributed by atoms with Gasteiger partial charge in [-0.3, -0.25) is 0 Å². The Morgan fingerprint density at radius 2 is 2.38 bits per heavy atom. The Hall–Kier alpha value is -0.550. The van der Waals surface area contributed by atoms with E-state index >= 15 is 0 Å². The van der Waals surface area contributed by atoms with Gasteiger partial charge in [0.1, 0.15) is 0 Å². The fourth-order valence-corrected chi connectivity index (χ4v) is 0.983. The van der Waals surface area contributed by atoms with Crippen molar-refractivity contribution in [2.45, 2.75) is 6.92 Å². The van der Waals surface area contributed by atoms with Crippen LogP contribution in [0.25, 0.3) is 0 Å². The largest absolute Gasteiger partial charge is 0.315 e. The number of hydrogen-bond acceptors (Lipinski definition) is 2. The lowest BCUT2D eigenvalue weighted by atomic mass is 10.0. The summed E-state index contributed by atoms with van der Waals surface area (Å²) >= 11 is 0. The molecule has 1 saturated heterocycles. The van der Waals surface area contributed by atoms with Gasteiger partial charge in [-0.25, -0.2) is 0 Å². The van der Waals surface area contributed by atoms with Gasteiger partial charge in [0.15, 0.2) is 0 Å². The standard InChI is InChI=1S/C6H10N2/c1-5-3-8-4-6(5)2-7/h5-6,8H,3-4H2,1H3/t5-,6+/m0/s1. The van der Waals surface area contributed by atoms with Crippen molar-refractivity contribution in [1.82, 2.24) is 5.32 Å². The molecule has 1 N–H and O–H groups in total. The van der Waals surface area contributed by atoms with E-state index in [4.69, 9.17) is 5.26 Å². The molecule has 1 heterocycles. The average Bonchev–Trinajstić information content (AvgIpc) is 2.14. The molecule has 2 heteroatoms. The molecule has 0 aromatic rings. The molecule has 0 radical (unpaired) electrons. The lowest BCUT2D eigenvalue weighted by molar-refractivity contribution is 0.553. The monoisotopic (exact) mass is 110 g/mol. The first-order valence-electron chi connectivity index (χ1n) is 2.95. The van der Waals surface area contributed by atoms with Crippen molar-refractivity contribution in [2.24, 2.45) is 11.8 Å². The van der Waals surface area contributed by atoms with Gasteiger partial charge in [0.05, 0.1) is 12.0 Å². The molecule has 44 valence electrons. The van der Waals surface area contributed by atoms with E-state index in [1.807, 2.05) is 0 Å². The fourth-order valence-electron chi connectivity index (χ4n) is 0.983. The summed E-state index contributed by atoms with van der Waals surface area (Å²) in [4.78, 5) is 0. The van der Waals surface area contributed by atoms with Gasteiger partial charge in [0, 0.05) is 6.54 Å². The minimum atomic E-state index is 0.259. The van der Waals surface area contributed by atoms with Crippen LogP contribution in [0.1, 0.15) is 6.92 Å². The van der Waals surface area contributed by atoms with Crippen LogP contribution in [0.3, 0.4) is 0 Å². The topological polar surface area (TPSA) is 35.8 Å². The molecule has 2 atom stereocenters. The van der Waals surface area contributed by atoms with Crippen molar-refractivity contribution in [3.05, 3.63) is 0 Å². The minimum absolute atomic E-state index is 0.259. The zero-order valence-corrected chi connectivity index (χ0v) is 5.02. The highest BCUT2D eigenvalue weighted by Crippen LogP contribution is 2.13. The maximum absolute atomic E-state index is 8.45. The summed E-state index contributed by atoms with van der Waals surface area (Å²) in [7, 11) is 0. The average molecular weight is 110 g/mol. The molecule has 0 aromatic heterocycles. The predicted octanol–water partition coefficient (Wildman–Crippen LogP) is 0.365. The maximum Gasteiger partial charge on any atom is 0.0672 e. The van der Waals surface area contributed by atoms with Crippen LogP contribution in [0.4, 0.5) is 0 Å². The third-order valence-corrected chi connectivity index (χ3v) is 1.68. The summed E-state index contributed by atoms with van der Waals surface area (Å²) in [6.45, 7) is 4.00. The SMILES string of the molecule is C[C@H]1CNC[C@H]1C#N. The number of rotatable bonds is 0. The van der Waals surface area contributed by atoms with Crippen LogP contribution in [-0.2, 0) is 0 Å². The zero-order valence-electron chi connectivity index (χ0n) is 5.02. The molecule has 1 rings (SSSR count). The Morgan fingerprint density at radius 3 is 2.62 bits per heavy atom. The normalized spacial score (nSPS) is 37.0. The molecule has 0 spiro atoms. The summed E-state index contributed by atoms with van der Waals surface area (Å²) < 4.78 is 0. The van der Waals surface area contributed by atoms with Gasteiger partial charge >= 0.3 is 0 Å². The minimum Gasteiger partial charge on any atom is -0.315 e. The van der Waals surface area contributed by atoms with Crippen molar-refractivity contribution < 1.29 is 0 Å². The first-order chi connectivity index (χ1) is 3.84. The summed E-state index contributed by atoms with van der Waals surface area (Å²) in [6.07, 6.45) is 0. The molecule has 0 saturated carbocycles. The van der Waals surface area contributed by atoms with Crippen molar-refractivity contribution in [3.8, 4) is 6.07 Å². The van der Waals surface area contributed by atoms with E-state index in [1.165, 1.54) is 0 Å². The molecule has 0 aromatic carbocycles. The first-order valence-corrected chi connectivity index (χ1v) is 2.95. The van der Waals surface area contributed by atoms with Crippen LogP contribution in [0.15, 0.2) is 0 Å². The summed E-state index contributed by atoms with van der Waals surface area (Å²) in [5.74, 6) is 0.815. The van der Waals surface area contributed by atoms with Crippen molar-refractivity contribution in [1.29, 1.82) is 5.26 Å². The van der Waals surface area contributed by atoms with Crippen LogP contribution in [0.2, 0.25) is 0 Å². The Bertz CT molecular complexity index is 114. The molecule has 1 aliphatic heterocycles. The number of hydrogen-bond donors (Lipinski definition) is 1. The Morgan fingerprint density at radius 1 is 1.62 bits per heavy atom. The quantitative estimate of drug-likeness (QED) is 0.489. The van der Waals surface area contributed by atoms with Crippen molar-refractivity contribution in [3.63, 3.8) is 0 Å². The van der Waals surface area contributed by atoms with Gasteiger partial charge in [-0.1, -0.05) is 6.92 Å². The number of nitrogens with one attached hydrogen (secondary N) is 1. The van der Waals surface area contributed by atoms with Crippen LogP contribution in [0, 0.1) is 23.2 Å². The second-order valence-corrected chi connectivity index (χ2v) is 2.37. The zero-order chi connectivity index (χ0) is 5.98. The van der Waals surface area contributed by atoms with Crippen molar-refractivity contribution >= 4 is 0 Å². The molecule has 0 bridgehead atoms. The van der Waals surface area contributed by atoms with Gasteiger partial charge in [0.25, 0.3) is 0 Å². The second-order valence-electron chi connectivity index (χ2n) is 2.37. The summed E-state index contributed by atoms with van der Waals surface area (Å²) in [5.41, 5.74) is 0. The maximum atomic E-state index is 8.45. The Balaban J connectivity index is 2.45. The van der Waals surface area contributed by atoms with Gasteiger partial charge < -0.3 is 5.32 Å². The van der Waals surface area contributed by atoms with E-state index in [0.717, 1.165) is 13.1 Å². The van der Waals surface area contributed by atoms with E-state index in [-0.39, 0.29) is 5.92 Å². The third kappa shape index (κ3) is 0.823. The van der Waals surface area contributed by atoms with Gasteiger partial charge in [-0.2, -0.15) is 5.26 Å². The number of nitrogens with zero attached hydrogens (tertiary/aromatic N) is 1. The highest BCUT2D eigenvalue weighted by molar-refractivity contribution is 4.92. The van der Waals surface area contributed by atoms with Crippen LogP contribution >= 0.6 is 0 Å². The van der Waals surface area contributed by atoms with Crippen LogP contribution in [0.5, 0.6) is 0 Å². The molecule has 1 aliphatic rings. The van der Waals surface area contributed by atoms with Crippen LogP contribution < -0.4 is 5.32 Å². The van der Waals surface area contributed by atoms with Gasteiger partial charge in [0.2, 0.25) is 0 Å². The molecule has 0 amide bonds. The molecule has 8 heavy (non-hydrogen) atoms. The fraction of sp³-hybridized carbons (Fsp3) is 0.833. The van der Waals surface area contributed by atoms with E-state index in [2.05, 4.69) is 18.3 Å². The first kappa shape index (κ1) is 5.58. The molecule has 2 nitrogen and oxygen atoms in total. The number of nitriles is 1. The van der Waals surface area contributed by atoms with Crippen LogP contribution in [-0.4, -0.2) is 13.1 Å². The summed E-state index contributed by atoms with van der Waals surface area (Å²) in [5, 5.41) is 11.6. The molecule has 1 fully saturated rings. The molecule has 0 aliphatic carbocycles. The Kier molecular flexibility index (Phi) is 1.50. The van der Waals surface area contributed by atoms with E-state index in [0.29, 0.717) is 5.92 Å². The Labute approximate surface area is 49.5 Å². The molecule has 0 unspecified atom stereocenters. The third-order valence-electron chi connectivity index (χ3n) is 1.68. The molecular formula is C6H10N2. The van der Waals surface area contributed by atoms with E-state index in [1.54, 1.807) is 0 Å². The van der Waals surface area contributed by atoms with E-state index in [9.17, 15) is 0 Å². The van der Waals surface area contributed by atoms with Crippen molar-refractivity contribution in [2.75, 3.05) is 13.1 Å². The highest BCUT2D eigenvalue weighted by Gasteiger charge is 2.21. The second kappa shape index (κ2) is 2.15. The van der Waals surface area contributed by atoms with Gasteiger partial charge in [-0.15, -0.1) is 0 Å². The predicted molar refractivity (Wildman–Crippen MR) is 31.1 cm³/mol. The van der Waals surface area contributed by atoms with E-state index < -0.39 is 0 Å². The summed E-state index contributed by atoms with van der Waals surface area (Å²) in [6, 6.07) is 2.25. The highest BCUT2D eigenvalue weighted by atomic mass is 14.9. The lowest BCUT2D eigenvalue weighted by Gasteiger charge is -2.00.